The van der Waals surface area contributed by atoms with E-state index in [1.165, 1.54) is 13.2 Å². The lowest BCUT2D eigenvalue weighted by molar-refractivity contribution is -0.261. The van der Waals surface area contributed by atoms with Crippen LogP contribution in [-0.4, -0.2) is 24.8 Å². The highest BCUT2D eigenvalue weighted by Gasteiger charge is 2.50. The maximum Gasteiger partial charge on any atom is 0.348 e. The van der Waals surface area contributed by atoms with Crippen LogP contribution in [0.3, 0.4) is 0 Å². The van der Waals surface area contributed by atoms with Gasteiger partial charge in [0.2, 0.25) is 0 Å². The molecule has 7 heteroatoms. The topological polar surface area (TPSA) is 61.8 Å². The summed E-state index contributed by atoms with van der Waals surface area (Å²) >= 11 is 6.75. The molecule has 0 N–H and O–H groups in total. The van der Waals surface area contributed by atoms with Crippen molar-refractivity contribution < 1.29 is 23.8 Å². The number of hydrogen-bond donors (Lipinski definition) is 0. The maximum absolute atomic E-state index is 12.4. The third-order valence-electron chi connectivity index (χ3n) is 3.92. The van der Waals surface area contributed by atoms with Gasteiger partial charge in [0.15, 0.2) is 0 Å². The molecule has 2 rings (SSSR count). The lowest BCUT2D eigenvalue weighted by Crippen LogP contribution is -2.52. The predicted molar refractivity (Wildman–Crippen MR) is 96.4 cm³/mol. The third kappa shape index (κ3) is 3.52. The fourth-order valence-corrected chi connectivity index (χ4v) is 3.47. The molecule has 0 spiro atoms. The van der Waals surface area contributed by atoms with Crippen molar-refractivity contribution >= 4 is 49.9 Å². The fraction of sp³-hybridized carbons (Fsp3) is 0.412. The molecule has 130 valence electrons. The first-order valence-electron chi connectivity index (χ1n) is 7.20. The zero-order valence-corrected chi connectivity index (χ0v) is 17.2. The molecule has 1 aromatic carbocycles. The molecule has 0 aliphatic carbocycles. The highest BCUT2D eigenvalue weighted by Crippen LogP contribution is 2.40. The van der Waals surface area contributed by atoms with Crippen LogP contribution in [0.4, 0.5) is 0 Å². The Kier molecular flexibility index (Phi) is 5.16. The Balaban J connectivity index is 2.47. The number of cyclic esters (lactones) is 2. The van der Waals surface area contributed by atoms with Crippen molar-refractivity contribution in [3.05, 3.63) is 32.2 Å². The summed E-state index contributed by atoms with van der Waals surface area (Å²) in [5.41, 5.74) is -0.192. The van der Waals surface area contributed by atoms with Crippen LogP contribution in [0.25, 0.3) is 6.08 Å². The number of esters is 2. The van der Waals surface area contributed by atoms with Crippen molar-refractivity contribution in [1.82, 2.24) is 0 Å². The van der Waals surface area contributed by atoms with Gasteiger partial charge in [-0.2, -0.15) is 0 Å². The number of ether oxygens (including phenoxy) is 3. The molecule has 0 aromatic heterocycles. The monoisotopic (exact) mass is 460 g/mol. The maximum atomic E-state index is 12.4. The van der Waals surface area contributed by atoms with Gasteiger partial charge in [-0.05, 0) is 34.1 Å². The van der Waals surface area contributed by atoms with Crippen LogP contribution < -0.4 is 4.74 Å². The summed E-state index contributed by atoms with van der Waals surface area (Å²) in [4.78, 5) is 24.8. The van der Waals surface area contributed by atoms with Crippen molar-refractivity contribution in [2.45, 2.75) is 33.5 Å². The van der Waals surface area contributed by atoms with Crippen molar-refractivity contribution in [3.8, 4) is 5.75 Å². The molecule has 0 bridgehead atoms. The van der Waals surface area contributed by atoms with Crippen LogP contribution in [0.2, 0.25) is 0 Å². The van der Waals surface area contributed by atoms with Gasteiger partial charge >= 0.3 is 11.9 Å². The number of methoxy groups -OCH3 is 1. The zero-order chi connectivity index (χ0) is 18.3. The summed E-state index contributed by atoms with van der Waals surface area (Å²) in [6.07, 6.45) is 1.40. The average Bonchev–Trinajstić information content (AvgIpc) is 2.41. The minimum Gasteiger partial charge on any atom is -0.495 e. The molecule has 1 aromatic rings. The van der Waals surface area contributed by atoms with E-state index in [0.29, 0.717) is 15.8 Å². The largest absolute Gasteiger partial charge is 0.495 e. The molecule has 0 saturated carbocycles. The van der Waals surface area contributed by atoms with E-state index in [9.17, 15) is 9.59 Å². The van der Waals surface area contributed by atoms with Crippen LogP contribution in [0, 0.1) is 5.41 Å². The van der Waals surface area contributed by atoms with Crippen LogP contribution in [0.15, 0.2) is 26.7 Å². The number of halogens is 2. The Morgan fingerprint density at radius 2 is 1.67 bits per heavy atom. The Morgan fingerprint density at radius 1 is 1.12 bits per heavy atom. The van der Waals surface area contributed by atoms with Gasteiger partial charge in [0.25, 0.3) is 5.79 Å². The van der Waals surface area contributed by atoms with E-state index >= 15 is 0 Å². The first-order valence-corrected chi connectivity index (χ1v) is 8.78. The van der Waals surface area contributed by atoms with Gasteiger partial charge < -0.3 is 14.2 Å². The van der Waals surface area contributed by atoms with E-state index in [2.05, 4.69) is 31.9 Å². The minimum absolute atomic E-state index is 0.181. The Hall–Kier alpha value is -1.34. The molecule has 1 fully saturated rings. The van der Waals surface area contributed by atoms with Crippen LogP contribution in [0.5, 0.6) is 5.75 Å². The lowest BCUT2D eigenvalue weighted by atomic mass is 9.85. The van der Waals surface area contributed by atoms with E-state index in [1.807, 2.05) is 20.8 Å². The van der Waals surface area contributed by atoms with Gasteiger partial charge in [0.1, 0.15) is 11.3 Å². The molecule has 1 aliphatic heterocycles. The quantitative estimate of drug-likeness (QED) is 0.369. The third-order valence-corrected chi connectivity index (χ3v) is 4.97. The van der Waals surface area contributed by atoms with Gasteiger partial charge in [-0.15, -0.1) is 0 Å². The van der Waals surface area contributed by atoms with Gasteiger partial charge in [-0.1, -0.05) is 36.7 Å². The summed E-state index contributed by atoms with van der Waals surface area (Å²) in [6.45, 7) is 7.07. The molecule has 5 nitrogen and oxygen atoms in total. The highest BCUT2D eigenvalue weighted by atomic mass is 79.9. The molecule has 0 unspecified atom stereocenters. The molecule has 0 radical (unpaired) electrons. The normalized spacial score (nSPS) is 21.2. The first kappa shape index (κ1) is 19.0. The molecule has 24 heavy (non-hydrogen) atoms. The molecule has 0 amide bonds. The fourth-order valence-electron chi connectivity index (χ4n) is 2.05. The summed E-state index contributed by atoms with van der Waals surface area (Å²) in [7, 11) is 1.50. The highest BCUT2D eigenvalue weighted by molar-refractivity contribution is 9.11. The van der Waals surface area contributed by atoms with E-state index in [-0.39, 0.29) is 5.57 Å². The van der Waals surface area contributed by atoms with Gasteiger partial charge in [-0.25, -0.2) is 9.59 Å². The van der Waals surface area contributed by atoms with Crippen molar-refractivity contribution in [3.63, 3.8) is 0 Å². The smallest absolute Gasteiger partial charge is 0.348 e. The van der Waals surface area contributed by atoms with Crippen LogP contribution in [0.1, 0.15) is 33.3 Å². The summed E-state index contributed by atoms with van der Waals surface area (Å²) in [6, 6.07) is 3.53. The Bertz CT molecular complexity index is 711. The molecular weight excluding hydrogens is 444 g/mol. The zero-order valence-electron chi connectivity index (χ0n) is 14.0. The van der Waals surface area contributed by atoms with Gasteiger partial charge in [-0.3, -0.25) is 0 Å². The summed E-state index contributed by atoms with van der Waals surface area (Å²) < 4.78 is 17.6. The second kappa shape index (κ2) is 6.52. The summed E-state index contributed by atoms with van der Waals surface area (Å²) in [5.74, 6) is -2.26. The van der Waals surface area contributed by atoms with E-state index in [4.69, 9.17) is 14.2 Å². The predicted octanol–water partition coefficient (Wildman–Crippen LogP) is 4.47. The molecule has 1 aliphatic rings. The number of carbonyl (C=O) groups excluding carboxylic acids is 2. The van der Waals surface area contributed by atoms with Crippen molar-refractivity contribution in [1.29, 1.82) is 0 Å². The number of rotatable bonds is 2. The van der Waals surface area contributed by atoms with Crippen LogP contribution in [-0.2, 0) is 19.1 Å². The van der Waals surface area contributed by atoms with Crippen LogP contribution >= 0.6 is 31.9 Å². The van der Waals surface area contributed by atoms with Gasteiger partial charge in [0, 0.05) is 22.4 Å². The Labute approximate surface area is 157 Å². The van der Waals surface area contributed by atoms with Gasteiger partial charge in [0.05, 0.1) is 11.6 Å². The molecule has 0 atom stereocenters. The van der Waals surface area contributed by atoms with Crippen molar-refractivity contribution in [2.75, 3.05) is 7.11 Å². The average molecular weight is 462 g/mol. The van der Waals surface area contributed by atoms with E-state index < -0.39 is 23.1 Å². The van der Waals surface area contributed by atoms with E-state index in [1.54, 1.807) is 19.1 Å². The Morgan fingerprint density at radius 3 is 2.12 bits per heavy atom. The second-order valence-electron chi connectivity index (χ2n) is 6.54. The standard InChI is InChI=1S/C17H18Br2O5/c1-16(2,3)17(4)23-14(20)11(15(21)24-17)7-9-6-10(18)8-12(19)13(9)22-5/h6-8H,1-5H3. The number of benzene rings is 1. The number of carbonyl (C=O) groups is 2. The lowest BCUT2D eigenvalue weighted by Gasteiger charge is -2.42. The molecular formula is C17H18Br2O5. The summed E-state index contributed by atoms with van der Waals surface area (Å²) in [5, 5.41) is 0. The molecule has 1 heterocycles. The second-order valence-corrected chi connectivity index (χ2v) is 8.31. The minimum atomic E-state index is -1.32. The SMILES string of the molecule is COc1c(Br)cc(Br)cc1C=C1C(=O)OC(C)(C(C)(C)C)OC1=O. The number of hydrogen-bond acceptors (Lipinski definition) is 5. The van der Waals surface area contributed by atoms with E-state index in [0.717, 1.165) is 4.47 Å². The van der Waals surface area contributed by atoms with Crippen molar-refractivity contribution in [2.24, 2.45) is 5.41 Å². The first-order chi connectivity index (χ1) is 11.0. The molecule has 1 saturated heterocycles.